The van der Waals surface area contributed by atoms with E-state index in [0.717, 1.165) is 25.2 Å². The van der Waals surface area contributed by atoms with Gasteiger partial charge in [0, 0.05) is 19.1 Å². The second kappa shape index (κ2) is 5.16. The molecule has 1 aliphatic heterocycles. The Labute approximate surface area is 112 Å². The Morgan fingerprint density at radius 3 is 2.72 bits per heavy atom. The Balaban J connectivity index is 2.18. The second-order valence-electron chi connectivity index (χ2n) is 4.82. The molecule has 0 saturated carbocycles. The Hall–Kier alpha value is -1.26. The van der Waals surface area contributed by atoms with Crippen LogP contribution in [-0.4, -0.2) is 49.2 Å². The standard InChI is InChI=1S/C13H17ClN2O2/c1-15(2)10-5-6-16(8-10)12-4-3-9(13(17)18)7-11(12)14/h3-4,7,10H,5-6,8H2,1-2H3,(H,17,18). The zero-order valence-electron chi connectivity index (χ0n) is 10.6. The van der Waals surface area contributed by atoms with Crippen LogP contribution in [0.15, 0.2) is 18.2 Å². The molecule has 1 aliphatic rings. The van der Waals surface area contributed by atoms with E-state index in [2.05, 4.69) is 23.9 Å². The fraction of sp³-hybridized carbons (Fsp3) is 0.462. The molecule has 18 heavy (non-hydrogen) atoms. The third-order valence-electron chi connectivity index (χ3n) is 3.43. The van der Waals surface area contributed by atoms with Gasteiger partial charge in [-0.3, -0.25) is 0 Å². The highest BCUT2D eigenvalue weighted by Gasteiger charge is 2.25. The summed E-state index contributed by atoms with van der Waals surface area (Å²) in [5.74, 6) is -0.948. The molecule has 1 N–H and O–H groups in total. The van der Waals surface area contributed by atoms with Crippen LogP contribution >= 0.6 is 11.6 Å². The van der Waals surface area contributed by atoms with Gasteiger partial charge in [-0.2, -0.15) is 0 Å². The molecule has 1 fully saturated rings. The Morgan fingerprint density at radius 1 is 1.50 bits per heavy atom. The van der Waals surface area contributed by atoms with E-state index in [9.17, 15) is 4.79 Å². The van der Waals surface area contributed by atoms with E-state index >= 15 is 0 Å². The van der Waals surface area contributed by atoms with Crippen LogP contribution in [0.3, 0.4) is 0 Å². The number of hydrogen-bond donors (Lipinski definition) is 1. The quantitative estimate of drug-likeness (QED) is 0.913. The Kier molecular flexibility index (Phi) is 3.78. The van der Waals surface area contributed by atoms with Gasteiger partial charge in [0.15, 0.2) is 0 Å². The van der Waals surface area contributed by atoms with Crippen LogP contribution in [0.25, 0.3) is 0 Å². The number of aromatic carboxylic acids is 1. The minimum Gasteiger partial charge on any atom is -0.478 e. The van der Waals surface area contributed by atoms with E-state index in [1.807, 2.05) is 0 Å². The number of benzene rings is 1. The topological polar surface area (TPSA) is 43.8 Å². The highest BCUT2D eigenvalue weighted by Crippen LogP contribution is 2.30. The van der Waals surface area contributed by atoms with Gasteiger partial charge in [-0.15, -0.1) is 0 Å². The van der Waals surface area contributed by atoms with Crippen molar-refractivity contribution in [1.82, 2.24) is 4.90 Å². The molecule has 0 aromatic heterocycles. The molecule has 1 saturated heterocycles. The summed E-state index contributed by atoms with van der Waals surface area (Å²) < 4.78 is 0. The number of carboxylic acid groups (broad SMARTS) is 1. The molecule has 0 radical (unpaired) electrons. The fourth-order valence-electron chi connectivity index (χ4n) is 2.28. The second-order valence-corrected chi connectivity index (χ2v) is 5.23. The zero-order valence-corrected chi connectivity index (χ0v) is 11.3. The summed E-state index contributed by atoms with van der Waals surface area (Å²) >= 11 is 6.16. The summed E-state index contributed by atoms with van der Waals surface area (Å²) in [6, 6.07) is 5.44. The summed E-state index contributed by atoms with van der Waals surface area (Å²) in [6.07, 6.45) is 1.10. The van der Waals surface area contributed by atoms with Crippen molar-refractivity contribution in [3.8, 4) is 0 Å². The number of carbonyl (C=O) groups is 1. The first-order valence-electron chi connectivity index (χ1n) is 5.93. The predicted molar refractivity (Wildman–Crippen MR) is 72.7 cm³/mol. The van der Waals surface area contributed by atoms with Gasteiger partial charge in [-0.1, -0.05) is 11.6 Å². The van der Waals surface area contributed by atoms with Crippen molar-refractivity contribution in [2.75, 3.05) is 32.1 Å². The zero-order chi connectivity index (χ0) is 13.3. The first-order chi connectivity index (χ1) is 8.49. The van der Waals surface area contributed by atoms with Crippen LogP contribution in [0.2, 0.25) is 5.02 Å². The third-order valence-corrected chi connectivity index (χ3v) is 3.73. The van der Waals surface area contributed by atoms with Crippen molar-refractivity contribution in [2.24, 2.45) is 0 Å². The molecule has 1 atom stereocenters. The smallest absolute Gasteiger partial charge is 0.335 e. The number of hydrogen-bond acceptors (Lipinski definition) is 3. The van der Waals surface area contributed by atoms with E-state index < -0.39 is 5.97 Å². The van der Waals surface area contributed by atoms with E-state index in [0.29, 0.717) is 11.1 Å². The molecular formula is C13H17ClN2O2. The maximum Gasteiger partial charge on any atom is 0.335 e. The van der Waals surface area contributed by atoms with Gasteiger partial charge in [-0.05, 0) is 38.7 Å². The van der Waals surface area contributed by atoms with Gasteiger partial charge in [-0.25, -0.2) is 4.79 Å². The molecule has 0 bridgehead atoms. The Bertz CT molecular complexity index is 462. The van der Waals surface area contributed by atoms with Crippen molar-refractivity contribution in [3.05, 3.63) is 28.8 Å². The summed E-state index contributed by atoms with van der Waals surface area (Å²) in [4.78, 5) is 15.3. The average molecular weight is 269 g/mol. The number of carboxylic acids is 1. The molecule has 1 heterocycles. The third kappa shape index (κ3) is 2.60. The molecule has 5 heteroatoms. The van der Waals surface area contributed by atoms with Crippen molar-refractivity contribution < 1.29 is 9.90 Å². The Morgan fingerprint density at radius 2 is 2.22 bits per heavy atom. The monoisotopic (exact) mass is 268 g/mol. The van der Waals surface area contributed by atoms with Crippen LogP contribution in [0, 0.1) is 0 Å². The maximum atomic E-state index is 10.8. The van der Waals surface area contributed by atoms with Crippen LogP contribution in [0.5, 0.6) is 0 Å². The average Bonchev–Trinajstić information content (AvgIpc) is 2.78. The molecule has 0 aliphatic carbocycles. The molecule has 0 amide bonds. The molecule has 1 aromatic carbocycles. The number of anilines is 1. The minimum atomic E-state index is -0.948. The van der Waals surface area contributed by atoms with Crippen molar-refractivity contribution in [1.29, 1.82) is 0 Å². The highest BCUT2D eigenvalue weighted by atomic mass is 35.5. The lowest BCUT2D eigenvalue weighted by Gasteiger charge is -2.22. The van der Waals surface area contributed by atoms with Gasteiger partial charge >= 0.3 is 5.97 Å². The normalized spacial score (nSPS) is 19.6. The SMILES string of the molecule is CN(C)C1CCN(c2ccc(C(=O)O)cc2Cl)C1. The van der Waals surface area contributed by atoms with Gasteiger partial charge < -0.3 is 14.9 Å². The summed E-state index contributed by atoms with van der Waals surface area (Å²) in [5.41, 5.74) is 1.15. The first-order valence-corrected chi connectivity index (χ1v) is 6.31. The van der Waals surface area contributed by atoms with Crippen LogP contribution in [-0.2, 0) is 0 Å². The lowest BCUT2D eigenvalue weighted by Crippen LogP contribution is -2.31. The van der Waals surface area contributed by atoms with Crippen LogP contribution in [0.1, 0.15) is 16.8 Å². The van der Waals surface area contributed by atoms with Gasteiger partial charge in [0.2, 0.25) is 0 Å². The van der Waals surface area contributed by atoms with Crippen molar-refractivity contribution in [2.45, 2.75) is 12.5 Å². The van der Waals surface area contributed by atoms with Crippen LogP contribution in [0.4, 0.5) is 5.69 Å². The molecular weight excluding hydrogens is 252 g/mol. The largest absolute Gasteiger partial charge is 0.478 e. The van der Waals surface area contributed by atoms with E-state index in [4.69, 9.17) is 16.7 Å². The molecule has 1 unspecified atom stereocenters. The van der Waals surface area contributed by atoms with Crippen molar-refractivity contribution >= 4 is 23.3 Å². The van der Waals surface area contributed by atoms with Gasteiger partial charge in [0.25, 0.3) is 0 Å². The van der Waals surface area contributed by atoms with Crippen LogP contribution < -0.4 is 4.90 Å². The number of nitrogens with zero attached hydrogens (tertiary/aromatic N) is 2. The summed E-state index contributed by atoms with van der Waals surface area (Å²) in [7, 11) is 4.15. The first kappa shape index (κ1) is 13.2. The number of halogens is 1. The lowest BCUT2D eigenvalue weighted by atomic mass is 10.2. The fourth-order valence-corrected chi connectivity index (χ4v) is 2.58. The predicted octanol–water partition coefficient (Wildman–Crippen LogP) is 2.18. The van der Waals surface area contributed by atoms with E-state index in [-0.39, 0.29) is 5.56 Å². The van der Waals surface area contributed by atoms with Crippen molar-refractivity contribution in [3.63, 3.8) is 0 Å². The molecule has 0 spiro atoms. The highest BCUT2D eigenvalue weighted by molar-refractivity contribution is 6.33. The molecule has 4 nitrogen and oxygen atoms in total. The number of rotatable bonds is 3. The molecule has 2 rings (SSSR count). The van der Waals surface area contributed by atoms with Gasteiger partial charge in [0.05, 0.1) is 16.3 Å². The van der Waals surface area contributed by atoms with E-state index in [1.54, 1.807) is 12.1 Å². The number of likely N-dealkylation sites (N-methyl/N-ethyl adjacent to an activating group) is 1. The minimum absolute atomic E-state index is 0.229. The molecule has 1 aromatic rings. The maximum absolute atomic E-state index is 10.8. The molecule has 98 valence electrons. The van der Waals surface area contributed by atoms with Gasteiger partial charge in [0.1, 0.15) is 0 Å². The lowest BCUT2D eigenvalue weighted by molar-refractivity contribution is 0.0697. The summed E-state index contributed by atoms with van der Waals surface area (Å²) in [6.45, 7) is 1.88. The van der Waals surface area contributed by atoms with E-state index in [1.165, 1.54) is 6.07 Å². The summed E-state index contributed by atoms with van der Waals surface area (Å²) in [5, 5.41) is 9.41.